The summed E-state index contributed by atoms with van der Waals surface area (Å²) in [6.45, 7) is 15.6. The molecule has 3 saturated carbocycles. The molecule has 7 rings (SSSR count). The quantitative estimate of drug-likeness (QED) is 0.252. The van der Waals surface area contributed by atoms with Crippen molar-refractivity contribution in [3.05, 3.63) is 59.7 Å². The largest absolute Gasteiger partial charge is 0.481 e. The Hall–Kier alpha value is -2.44. The minimum atomic E-state index is -0.454. The van der Waals surface area contributed by atoms with Crippen LogP contribution in [0.25, 0.3) is 11.1 Å². The van der Waals surface area contributed by atoms with Gasteiger partial charge in [-0.2, -0.15) is 0 Å². The van der Waals surface area contributed by atoms with Crippen LogP contribution < -0.4 is 5.32 Å². The Labute approximate surface area is 265 Å². The van der Waals surface area contributed by atoms with Crippen LogP contribution in [0.2, 0.25) is 0 Å². The van der Waals surface area contributed by atoms with Crippen LogP contribution in [-0.4, -0.2) is 36.5 Å². The molecule has 1 amide bonds. The van der Waals surface area contributed by atoms with Crippen molar-refractivity contribution in [2.45, 2.75) is 117 Å². The van der Waals surface area contributed by atoms with E-state index in [0.29, 0.717) is 36.5 Å². The Kier molecular flexibility index (Phi) is 8.65. The molecular formula is C38H52BNO4. The molecule has 4 aliphatic carbocycles. The van der Waals surface area contributed by atoms with Crippen molar-refractivity contribution in [3.8, 4) is 11.1 Å². The maximum absolute atomic E-state index is 13.9. The van der Waals surface area contributed by atoms with Gasteiger partial charge in [0.05, 0.1) is 17.6 Å². The number of carbonyl (C=O) groups excluding carboxylic acids is 2. The number of benzene rings is 2. The molecule has 1 heterocycles. The zero-order chi connectivity index (χ0) is 31.4. The van der Waals surface area contributed by atoms with E-state index < -0.39 is 7.12 Å². The minimum Gasteiger partial charge on any atom is -0.404 e. The normalized spacial score (nSPS) is 27.8. The number of Topliss-reactive ketones (excluding diaryl/α,β-unsaturated/α-hetero) is 1. The summed E-state index contributed by atoms with van der Waals surface area (Å²) in [6.07, 6.45) is 5.28. The third-order valence-corrected chi connectivity index (χ3v) is 11.6. The molecule has 4 fully saturated rings. The average Bonchev–Trinajstić information content (AvgIpc) is 3.49. The second kappa shape index (κ2) is 12.1. The number of amides is 1. The van der Waals surface area contributed by atoms with Crippen molar-refractivity contribution < 1.29 is 18.9 Å². The second-order valence-electron chi connectivity index (χ2n) is 15.9. The van der Waals surface area contributed by atoms with Gasteiger partial charge in [-0.15, -0.1) is 0 Å². The lowest BCUT2D eigenvalue weighted by molar-refractivity contribution is -0.199. The number of fused-ring (bicyclic) bond motifs is 3. The lowest BCUT2D eigenvalue weighted by Gasteiger charge is -2.64. The van der Waals surface area contributed by atoms with E-state index in [0.717, 1.165) is 19.3 Å². The summed E-state index contributed by atoms with van der Waals surface area (Å²) < 4.78 is 13.4. The van der Waals surface area contributed by atoms with Crippen LogP contribution in [0.15, 0.2) is 48.5 Å². The van der Waals surface area contributed by atoms with Gasteiger partial charge in [0.25, 0.3) is 0 Å². The molecule has 1 aliphatic heterocycles. The molecule has 0 spiro atoms. The summed E-state index contributed by atoms with van der Waals surface area (Å²) in [6, 6.07) is 17.1. The highest BCUT2D eigenvalue weighted by Gasteiger charge is 2.68. The predicted molar refractivity (Wildman–Crippen MR) is 177 cm³/mol. The molecule has 6 heteroatoms. The molecule has 6 atom stereocenters. The summed E-state index contributed by atoms with van der Waals surface area (Å²) >= 11 is 0. The zero-order valence-electron chi connectivity index (χ0n) is 27.9. The highest BCUT2D eigenvalue weighted by molar-refractivity contribution is 6.47. The fourth-order valence-electron chi connectivity index (χ4n) is 9.22. The Morgan fingerprint density at radius 3 is 2.11 bits per heavy atom. The van der Waals surface area contributed by atoms with Crippen LogP contribution in [-0.2, 0) is 18.9 Å². The van der Waals surface area contributed by atoms with Crippen molar-refractivity contribution in [2.24, 2.45) is 35.0 Å². The zero-order valence-corrected chi connectivity index (χ0v) is 27.9. The van der Waals surface area contributed by atoms with Crippen LogP contribution >= 0.6 is 0 Å². The van der Waals surface area contributed by atoms with Crippen molar-refractivity contribution in [1.29, 1.82) is 0 Å². The highest BCUT2D eigenvalue weighted by atomic mass is 16.7. The van der Waals surface area contributed by atoms with Crippen molar-refractivity contribution in [2.75, 3.05) is 0 Å². The molecule has 0 radical (unpaired) electrons. The molecular weight excluding hydrogens is 545 g/mol. The van der Waals surface area contributed by atoms with E-state index >= 15 is 0 Å². The van der Waals surface area contributed by atoms with E-state index in [-0.39, 0.29) is 53.0 Å². The van der Waals surface area contributed by atoms with Crippen molar-refractivity contribution >= 4 is 18.8 Å². The Balaban J connectivity index is 1.12. The van der Waals surface area contributed by atoms with E-state index in [1.165, 1.54) is 28.7 Å². The number of hydrogen-bond acceptors (Lipinski definition) is 4. The van der Waals surface area contributed by atoms with Crippen LogP contribution in [0.3, 0.4) is 0 Å². The van der Waals surface area contributed by atoms with E-state index in [1.807, 2.05) is 0 Å². The molecule has 5 nitrogen and oxygen atoms in total. The van der Waals surface area contributed by atoms with Gasteiger partial charge in [0.2, 0.25) is 5.91 Å². The molecule has 2 bridgehead atoms. The van der Waals surface area contributed by atoms with Gasteiger partial charge in [0.1, 0.15) is 5.78 Å². The molecule has 236 valence electrons. The van der Waals surface area contributed by atoms with Gasteiger partial charge in [-0.1, -0.05) is 90.1 Å². The molecule has 2 aromatic carbocycles. The van der Waals surface area contributed by atoms with E-state index in [4.69, 9.17) is 9.31 Å². The fourth-order valence-corrected chi connectivity index (χ4v) is 9.22. The Morgan fingerprint density at radius 2 is 1.52 bits per heavy atom. The number of rotatable bonds is 12. The number of nitrogens with one attached hydrogen (secondary N) is 1. The Bertz CT molecular complexity index is 1340. The van der Waals surface area contributed by atoms with Gasteiger partial charge < -0.3 is 14.6 Å². The molecule has 0 aromatic heterocycles. The van der Waals surface area contributed by atoms with Gasteiger partial charge in [-0.05, 0) is 90.4 Å². The van der Waals surface area contributed by atoms with Gasteiger partial charge in [0.15, 0.2) is 0 Å². The highest BCUT2D eigenvalue weighted by Crippen LogP contribution is 2.65. The van der Waals surface area contributed by atoms with Gasteiger partial charge in [-0.3, -0.25) is 9.59 Å². The standard InChI is InChI=1S/C38H52BNO4/c1-23(2)18-25(20-27(41)16-17-32-30-14-10-8-12-28(30)29-13-9-11-15-31(29)32)36(42)40-35(19-24(3)4)39-43-34-22-26-21-33(37(26,5)6)38(34,7)44-39/h8-15,23-26,32-35H,16-22H2,1-7H3,(H,40,42)/t25-,26+,33+,34-,35+,38+/m1/s1. The monoisotopic (exact) mass is 597 g/mol. The van der Waals surface area contributed by atoms with Crippen LogP contribution in [0.4, 0.5) is 0 Å². The smallest absolute Gasteiger partial charge is 0.404 e. The number of ketones is 1. The average molecular weight is 598 g/mol. The summed E-state index contributed by atoms with van der Waals surface area (Å²) in [4.78, 5) is 27.5. The third kappa shape index (κ3) is 5.70. The van der Waals surface area contributed by atoms with E-state index in [2.05, 4.69) is 102 Å². The Morgan fingerprint density at radius 1 is 0.909 bits per heavy atom. The van der Waals surface area contributed by atoms with Crippen molar-refractivity contribution in [3.63, 3.8) is 0 Å². The summed E-state index contributed by atoms with van der Waals surface area (Å²) in [5.74, 6) is 1.60. The second-order valence-corrected chi connectivity index (χ2v) is 15.9. The maximum Gasteiger partial charge on any atom is 0.481 e. The third-order valence-electron chi connectivity index (χ3n) is 11.6. The fraction of sp³-hybridized carbons (Fsp3) is 0.632. The van der Waals surface area contributed by atoms with Crippen LogP contribution in [0, 0.1) is 35.0 Å². The lowest BCUT2D eigenvalue weighted by Crippen LogP contribution is -2.65. The lowest BCUT2D eigenvalue weighted by atomic mass is 9.43. The summed E-state index contributed by atoms with van der Waals surface area (Å²) in [5.41, 5.74) is 5.13. The van der Waals surface area contributed by atoms with Crippen LogP contribution in [0.1, 0.15) is 110 Å². The molecule has 5 aliphatic rings. The topological polar surface area (TPSA) is 64.6 Å². The van der Waals surface area contributed by atoms with E-state index in [9.17, 15) is 9.59 Å². The van der Waals surface area contributed by atoms with Crippen LogP contribution in [0.5, 0.6) is 0 Å². The summed E-state index contributed by atoms with van der Waals surface area (Å²) in [5, 5.41) is 3.36. The molecule has 44 heavy (non-hydrogen) atoms. The molecule has 2 aromatic rings. The molecule has 1 N–H and O–H groups in total. The summed E-state index contributed by atoms with van der Waals surface area (Å²) in [7, 11) is -0.454. The first-order chi connectivity index (χ1) is 20.9. The first-order valence-corrected chi connectivity index (χ1v) is 17.2. The molecule has 1 saturated heterocycles. The number of hydrogen-bond donors (Lipinski definition) is 1. The minimum absolute atomic E-state index is 0.0360. The van der Waals surface area contributed by atoms with Crippen molar-refractivity contribution in [1.82, 2.24) is 5.32 Å². The number of carbonyl (C=O) groups is 2. The maximum atomic E-state index is 13.9. The van der Waals surface area contributed by atoms with Gasteiger partial charge in [-0.25, -0.2) is 0 Å². The molecule has 0 unspecified atom stereocenters. The van der Waals surface area contributed by atoms with E-state index in [1.54, 1.807) is 0 Å². The predicted octanol–water partition coefficient (Wildman–Crippen LogP) is 8.00. The van der Waals surface area contributed by atoms with Gasteiger partial charge in [0, 0.05) is 24.7 Å². The first-order valence-electron chi connectivity index (χ1n) is 17.2. The van der Waals surface area contributed by atoms with Gasteiger partial charge >= 0.3 is 7.12 Å². The SMILES string of the molecule is CC(C)C[C@H](CC(=O)CCC1c2ccccc2-c2ccccc21)C(=O)N[C@@H](CC(C)C)B1O[C@@H]2C[C@@H]3C[C@@H](C3(C)C)[C@]2(C)O1. The first kappa shape index (κ1) is 31.5.